The van der Waals surface area contributed by atoms with Gasteiger partial charge in [-0.25, -0.2) is 14.8 Å². The fraction of sp³-hybridized carbons (Fsp3) is 0.667. The third-order valence-electron chi connectivity index (χ3n) is 3.26. The van der Waals surface area contributed by atoms with Crippen LogP contribution in [-0.2, 0) is 4.74 Å². The van der Waals surface area contributed by atoms with Crippen molar-refractivity contribution in [1.29, 1.82) is 0 Å². The minimum absolute atomic E-state index is 0.0251. The number of rotatable bonds is 3. The molecule has 2 rings (SSSR count). The van der Waals surface area contributed by atoms with E-state index in [1.54, 1.807) is 4.90 Å². The molecule has 1 fully saturated rings. The van der Waals surface area contributed by atoms with Gasteiger partial charge in [0.05, 0.1) is 23.5 Å². The van der Waals surface area contributed by atoms with Gasteiger partial charge in [0, 0.05) is 6.54 Å². The summed E-state index contributed by atoms with van der Waals surface area (Å²) in [5.74, 6) is 0. The zero-order valence-corrected chi connectivity index (χ0v) is 14.0. The molecule has 0 saturated carbocycles. The standard InChI is InChI=1S/C15H22ClN3O3/c1-15(2,3)22-14(20)19-7-5-4-6-12(19)10-21-13-17-8-11(16)9-18-13/h8-9,12H,4-7,10H2,1-3H3/t12-/m0/s1. The number of nitrogens with zero attached hydrogens (tertiary/aromatic N) is 3. The molecule has 1 aliphatic rings. The van der Waals surface area contributed by atoms with E-state index in [2.05, 4.69) is 9.97 Å². The predicted molar refractivity (Wildman–Crippen MR) is 83.1 cm³/mol. The molecule has 1 aromatic heterocycles. The molecule has 122 valence electrons. The average Bonchev–Trinajstić information content (AvgIpc) is 2.45. The van der Waals surface area contributed by atoms with Crippen molar-refractivity contribution in [2.24, 2.45) is 0 Å². The minimum Gasteiger partial charge on any atom is -0.461 e. The van der Waals surface area contributed by atoms with Crippen LogP contribution in [0.3, 0.4) is 0 Å². The molecular formula is C15H22ClN3O3. The molecule has 0 unspecified atom stereocenters. The highest BCUT2D eigenvalue weighted by atomic mass is 35.5. The number of carbonyl (C=O) groups is 1. The molecule has 0 aromatic carbocycles. The van der Waals surface area contributed by atoms with Crippen molar-refractivity contribution in [2.75, 3.05) is 13.2 Å². The van der Waals surface area contributed by atoms with Crippen LogP contribution in [-0.4, -0.2) is 45.8 Å². The summed E-state index contributed by atoms with van der Waals surface area (Å²) < 4.78 is 11.0. The van der Waals surface area contributed by atoms with Crippen molar-refractivity contribution >= 4 is 17.7 Å². The first-order chi connectivity index (χ1) is 10.3. The van der Waals surface area contributed by atoms with E-state index in [1.807, 2.05) is 20.8 Å². The van der Waals surface area contributed by atoms with E-state index < -0.39 is 5.60 Å². The van der Waals surface area contributed by atoms with Crippen LogP contribution in [0.25, 0.3) is 0 Å². The SMILES string of the molecule is CC(C)(C)OC(=O)N1CCCC[C@H]1COc1ncc(Cl)cn1. The molecule has 1 saturated heterocycles. The highest BCUT2D eigenvalue weighted by Crippen LogP contribution is 2.21. The van der Waals surface area contributed by atoms with E-state index in [9.17, 15) is 4.79 Å². The lowest BCUT2D eigenvalue weighted by Gasteiger charge is -2.36. The van der Waals surface area contributed by atoms with Gasteiger partial charge in [-0.05, 0) is 40.0 Å². The lowest BCUT2D eigenvalue weighted by Crippen LogP contribution is -2.48. The summed E-state index contributed by atoms with van der Waals surface area (Å²) in [6.07, 6.45) is 5.60. The van der Waals surface area contributed by atoms with Crippen LogP contribution in [0.4, 0.5) is 4.79 Å². The number of hydrogen-bond acceptors (Lipinski definition) is 5. The molecule has 0 aliphatic carbocycles. The van der Waals surface area contributed by atoms with Crippen molar-refractivity contribution in [3.05, 3.63) is 17.4 Å². The number of likely N-dealkylation sites (tertiary alicyclic amines) is 1. The summed E-state index contributed by atoms with van der Waals surface area (Å²) in [5, 5.41) is 0.459. The number of halogens is 1. The molecular weight excluding hydrogens is 306 g/mol. The number of ether oxygens (including phenoxy) is 2. The summed E-state index contributed by atoms with van der Waals surface area (Å²) in [4.78, 5) is 22.0. The van der Waals surface area contributed by atoms with Crippen LogP contribution in [0, 0.1) is 0 Å². The van der Waals surface area contributed by atoms with E-state index in [4.69, 9.17) is 21.1 Å². The fourth-order valence-corrected chi connectivity index (χ4v) is 2.38. The van der Waals surface area contributed by atoms with Crippen molar-refractivity contribution in [3.8, 4) is 6.01 Å². The maximum absolute atomic E-state index is 12.3. The smallest absolute Gasteiger partial charge is 0.410 e. The number of aromatic nitrogens is 2. The Hall–Kier alpha value is -1.56. The maximum Gasteiger partial charge on any atom is 0.410 e. The molecule has 6 nitrogen and oxygen atoms in total. The summed E-state index contributed by atoms with van der Waals surface area (Å²) in [5.41, 5.74) is -0.501. The Labute approximate surface area is 135 Å². The van der Waals surface area contributed by atoms with Crippen LogP contribution in [0.5, 0.6) is 6.01 Å². The molecule has 1 amide bonds. The number of hydrogen-bond donors (Lipinski definition) is 0. The van der Waals surface area contributed by atoms with Crippen LogP contribution in [0.1, 0.15) is 40.0 Å². The van der Waals surface area contributed by atoms with Gasteiger partial charge >= 0.3 is 12.1 Å². The molecule has 0 N–H and O–H groups in total. The molecule has 0 bridgehead atoms. The van der Waals surface area contributed by atoms with Gasteiger partial charge in [0.1, 0.15) is 12.2 Å². The normalized spacial score (nSPS) is 18.9. The van der Waals surface area contributed by atoms with Gasteiger partial charge in [0.2, 0.25) is 0 Å². The molecule has 1 atom stereocenters. The lowest BCUT2D eigenvalue weighted by molar-refractivity contribution is 0.00306. The van der Waals surface area contributed by atoms with Crippen molar-refractivity contribution < 1.29 is 14.3 Å². The first-order valence-electron chi connectivity index (χ1n) is 7.45. The third kappa shape index (κ3) is 5.02. The Balaban J connectivity index is 1.94. The monoisotopic (exact) mass is 327 g/mol. The zero-order valence-electron chi connectivity index (χ0n) is 13.2. The van der Waals surface area contributed by atoms with Crippen LogP contribution in [0.15, 0.2) is 12.4 Å². The van der Waals surface area contributed by atoms with Crippen LogP contribution >= 0.6 is 11.6 Å². The van der Waals surface area contributed by atoms with Crippen molar-refractivity contribution in [3.63, 3.8) is 0 Å². The highest BCUT2D eigenvalue weighted by molar-refractivity contribution is 6.30. The largest absolute Gasteiger partial charge is 0.461 e. The lowest BCUT2D eigenvalue weighted by atomic mass is 10.0. The second-order valence-electron chi connectivity index (χ2n) is 6.32. The summed E-state index contributed by atoms with van der Waals surface area (Å²) in [6.45, 7) is 6.62. The molecule has 22 heavy (non-hydrogen) atoms. The van der Waals surface area contributed by atoms with E-state index in [1.165, 1.54) is 12.4 Å². The van der Waals surface area contributed by atoms with Crippen molar-refractivity contribution in [1.82, 2.24) is 14.9 Å². The van der Waals surface area contributed by atoms with Gasteiger partial charge in [-0.15, -0.1) is 0 Å². The van der Waals surface area contributed by atoms with Gasteiger partial charge < -0.3 is 14.4 Å². The second kappa shape index (κ2) is 7.13. The van der Waals surface area contributed by atoms with Gasteiger partial charge in [0.25, 0.3) is 0 Å². The van der Waals surface area contributed by atoms with Crippen molar-refractivity contribution in [2.45, 2.75) is 51.7 Å². The summed E-state index contributed by atoms with van der Waals surface area (Å²) in [7, 11) is 0. The number of carbonyl (C=O) groups excluding carboxylic acids is 1. The zero-order chi connectivity index (χ0) is 16.2. The van der Waals surface area contributed by atoms with E-state index in [0.717, 1.165) is 19.3 Å². The van der Waals surface area contributed by atoms with Gasteiger partial charge in [-0.2, -0.15) is 0 Å². The number of piperidine rings is 1. The molecule has 7 heteroatoms. The van der Waals surface area contributed by atoms with Gasteiger partial charge in [-0.3, -0.25) is 0 Å². The topological polar surface area (TPSA) is 64.5 Å². The van der Waals surface area contributed by atoms with E-state index >= 15 is 0 Å². The Morgan fingerprint density at radius 2 is 2.05 bits per heavy atom. The van der Waals surface area contributed by atoms with E-state index in [0.29, 0.717) is 18.2 Å². The number of amides is 1. The first-order valence-corrected chi connectivity index (χ1v) is 7.83. The van der Waals surface area contributed by atoms with Gasteiger partial charge in [-0.1, -0.05) is 11.6 Å². The molecule has 1 aliphatic heterocycles. The Morgan fingerprint density at radius 3 is 2.68 bits per heavy atom. The predicted octanol–water partition coefficient (Wildman–Crippen LogP) is 3.30. The maximum atomic E-state index is 12.3. The Morgan fingerprint density at radius 1 is 1.36 bits per heavy atom. The quantitative estimate of drug-likeness (QED) is 0.852. The minimum atomic E-state index is -0.501. The Bertz CT molecular complexity index is 502. The first kappa shape index (κ1) is 16.8. The molecule has 1 aromatic rings. The highest BCUT2D eigenvalue weighted by Gasteiger charge is 2.31. The molecule has 0 spiro atoms. The summed E-state index contributed by atoms with van der Waals surface area (Å²) >= 11 is 5.74. The van der Waals surface area contributed by atoms with Crippen LogP contribution < -0.4 is 4.74 Å². The average molecular weight is 328 g/mol. The Kier molecular flexibility index (Phi) is 5.45. The second-order valence-corrected chi connectivity index (χ2v) is 6.75. The fourth-order valence-electron chi connectivity index (χ4n) is 2.28. The molecule has 0 radical (unpaired) electrons. The van der Waals surface area contributed by atoms with Gasteiger partial charge in [0.15, 0.2) is 0 Å². The summed E-state index contributed by atoms with van der Waals surface area (Å²) in [6, 6.07) is 0.238. The molecule has 2 heterocycles. The van der Waals surface area contributed by atoms with E-state index in [-0.39, 0.29) is 18.1 Å². The third-order valence-corrected chi connectivity index (χ3v) is 3.45. The van der Waals surface area contributed by atoms with Crippen LogP contribution in [0.2, 0.25) is 5.02 Å².